The Bertz CT molecular complexity index is 548. The number of benzene rings is 1. The van der Waals surface area contributed by atoms with Crippen molar-refractivity contribution in [1.29, 1.82) is 0 Å². The van der Waals surface area contributed by atoms with Crippen molar-refractivity contribution in [2.45, 2.75) is 13.0 Å². The molecule has 1 aliphatic heterocycles. The number of para-hydroxylation sites is 1. The molecule has 1 N–H and O–H groups in total. The lowest BCUT2D eigenvalue weighted by molar-refractivity contribution is 0.517. The summed E-state index contributed by atoms with van der Waals surface area (Å²) in [5, 5.41) is 4.56. The number of thiazole rings is 1. The Morgan fingerprint density at radius 2 is 2.22 bits per heavy atom. The van der Waals surface area contributed by atoms with Crippen LogP contribution in [-0.2, 0) is 10.8 Å². The van der Waals surface area contributed by atoms with Crippen molar-refractivity contribution in [2.75, 3.05) is 18.1 Å². The molecule has 1 fully saturated rings. The van der Waals surface area contributed by atoms with Crippen LogP contribution in [0.1, 0.15) is 18.0 Å². The molecule has 1 saturated heterocycles. The summed E-state index contributed by atoms with van der Waals surface area (Å²) in [6.45, 7) is 3.07. The Labute approximate surface area is 113 Å². The molecule has 2 aromatic rings. The minimum Gasteiger partial charge on any atom is -0.307 e. The third-order valence-electron chi connectivity index (χ3n) is 3.14. The molecule has 0 spiro atoms. The Kier molecular flexibility index (Phi) is 3.46. The molecule has 1 aromatic heterocycles. The molecular formula is C13H16N2OS2. The van der Waals surface area contributed by atoms with Gasteiger partial charge in [0.2, 0.25) is 0 Å². The zero-order valence-corrected chi connectivity index (χ0v) is 11.9. The van der Waals surface area contributed by atoms with Crippen LogP contribution in [0.25, 0.3) is 10.2 Å². The van der Waals surface area contributed by atoms with E-state index in [1.54, 1.807) is 11.3 Å². The molecule has 0 aliphatic carbocycles. The van der Waals surface area contributed by atoms with Gasteiger partial charge in [-0.3, -0.25) is 4.21 Å². The van der Waals surface area contributed by atoms with Gasteiger partial charge in [0.25, 0.3) is 0 Å². The van der Waals surface area contributed by atoms with Crippen molar-refractivity contribution in [3.05, 3.63) is 29.3 Å². The minimum absolute atomic E-state index is 0.146. The molecule has 1 aliphatic rings. The number of rotatable bonds is 1. The summed E-state index contributed by atoms with van der Waals surface area (Å²) in [4.78, 5) is 4.66. The highest BCUT2D eigenvalue weighted by atomic mass is 32.2. The number of nitrogens with zero attached hydrogens (tertiary/aromatic N) is 1. The average molecular weight is 280 g/mol. The third kappa shape index (κ3) is 2.48. The second-order valence-corrected chi connectivity index (χ2v) is 7.47. The van der Waals surface area contributed by atoms with Gasteiger partial charge in [-0.15, -0.1) is 11.3 Å². The van der Waals surface area contributed by atoms with E-state index in [1.807, 2.05) is 18.2 Å². The number of hydrogen-bond acceptors (Lipinski definition) is 4. The van der Waals surface area contributed by atoms with E-state index < -0.39 is 10.8 Å². The largest absolute Gasteiger partial charge is 0.307 e. The van der Waals surface area contributed by atoms with Gasteiger partial charge in [-0.1, -0.05) is 19.1 Å². The second-order valence-electron chi connectivity index (χ2n) is 4.86. The molecule has 96 valence electrons. The molecule has 2 heterocycles. The average Bonchev–Trinajstić information content (AvgIpc) is 2.70. The van der Waals surface area contributed by atoms with Crippen molar-refractivity contribution in [2.24, 2.45) is 5.92 Å². The lowest BCUT2D eigenvalue weighted by Gasteiger charge is -2.12. The van der Waals surface area contributed by atoms with Gasteiger partial charge >= 0.3 is 0 Å². The lowest BCUT2D eigenvalue weighted by atomic mass is 10.2. The van der Waals surface area contributed by atoms with Crippen molar-refractivity contribution >= 4 is 32.4 Å². The molecule has 3 unspecified atom stereocenters. The molecule has 3 nitrogen and oxygen atoms in total. The number of hydrogen-bond donors (Lipinski definition) is 1. The van der Waals surface area contributed by atoms with Crippen LogP contribution in [0.2, 0.25) is 0 Å². The number of aromatic nitrogens is 1. The molecule has 3 atom stereocenters. The maximum Gasteiger partial charge on any atom is 0.112 e. The summed E-state index contributed by atoms with van der Waals surface area (Å²) in [5.41, 5.74) is 1.04. The summed E-state index contributed by atoms with van der Waals surface area (Å²) in [6.07, 6.45) is 0. The quantitative estimate of drug-likeness (QED) is 0.871. The van der Waals surface area contributed by atoms with E-state index in [4.69, 9.17) is 0 Å². The van der Waals surface area contributed by atoms with Gasteiger partial charge in [-0.25, -0.2) is 4.98 Å². The zero-order chi connectivity index (χ0) is 12.5. The predicted molar refractivity (Wildman–Crippen MR) is 77.4 cm³/mol. The standard InChI is InChI=1S/C13H16N2OS2/c1-9-6-14-11(8-18(16)7-9)13-15-10-4-2-3-5-12(10)17-13/h2-5,9,11,14H,6-8H2,1H3. The number of fused-ring (bicyclic) bond motifs is 1. The van der Waals surface area contributed by atoms with Crippen LogP contribution in [0.15, 0.2) is 24.3 Å². The molecule has 3 rings (SSSR count). The van der Waals surface area contributed by atoms with Crippen LogP contribution >= 0.6 is 11.3 Å². The molecule has 0 radical (unpaired) electrons. The van der Waals surface area contributed by atoms with E-state index in [2.05, 4.69) is 23.3 Å². The van der Waals surface area contributed by atoms with Gasteiger partial charge in [0.05, 0.1) is 16.3 Å². The fourth-order valence-corrected chi connectivity index (χ4v) is 4.91. The Balaban J connectivity index is 1.91. The fraction of sp³-hybridized carbons (Fsp3) is 0.462. The van der Waals surface area contributed by atoms with Crippen LogP contribution in [0.4, 0.5) is 0 Å². The lowest BCUT2D eigenvalue weighted by Crippen LogP contribution is -2.25. The summed E-state index contributed by atoms with van der Waals surface area (Å²) >= 11 is 1.71. The normalized spacial score (nSPS) is 29.3. The number of nitrogens with one attached hydrogen (secondary N) is 1. The van der Waals surface area contributed by atoms with Crippen LogP contribution < -0.4 is 5.32 Å². The van der Waals surface area contributed by atoms with Crippen molar-refractivity contribution in [3.8, 4) is 0 Å². The zero-order valence-electron chi connectivity index (χ0n) is 10.3. The fourth-order valence-electron chi connectivity index (χ4n) is 2.23. The van der Waals surface area contributed by atoms with Crippen molar-refractivity contribution < 1.29 is 4.21 Å². The van der Waals surface area contributed by atoms with E-state index >= 15 is 0 Å². The Morgan fingerprint density at radius 3 is 3.06 bits per heavy atom. The van der Waals surface area contributed by atoms with E-state index in [1.165, 1.54) is 4.70 Å². The summed E-state index contributed by atoms with van der Waals surface area (Å²) < 4.78 is 13.1. The first-order chi connectivity index (χ1) is 8.72. The highest BCUT2D eigenvalue weighted by Crippen LogP contribution is 2.27. The van der Waals surface area contributed by atoms with E-state index in [0.29, 0.717) is 11.7 Å². The van der Waals surface area contributed by atoms with Gasteiger partial charge in [-0.05, 0) is 24.6 Å². The molecular weight excluding hydrogens is 264 g/mol. The summed E-state index contributed by atoms with van der Waals surface area (Å²) in [5.74, 6) is 1.96. The van der Waals surface area contributed by atoms with Gasteiger partial charge in [0.1, 0.15) is 5.01 Å². The van der Waals surface area contributed by atoms with Crippen LogP contribution in [0.3, 0.4) is 0 Å². The van der Waals surface area contributed by atoms with Crippen LogP contribution in [0.5, 0.6) is 0 Å². The molecule has 1 aromatic carbocycles. The maximum atomic E-state index is 11.9. The summed E-state index contributed by atoms with van der Waals surface area (Å²) in [6, 6.07) is 8.31. The molecule has 0 amide bonds. The topological polar surface area (TPSA) is 42.0 Å². The molecule has 0 saturated carbocycles. The summed E-state index contributed by atoms with van der Waals surface area (Å²) in [7, 11) is -0.736. The van der Waals surface area contributed by atoms with E-state index in [0.717, 1.165) is 22.8 Å². The Hall–Kier alpha value is -0.780. The van der Waals surface area contributed by atoms with Crippen LogP contribution in [0, 0.1) is 5.92 Å². The monoisotopic (exact) mass is 280 g/mol. The minimum atomic E-state index is -0.736. The first-order valence-corrected chi connectivity index (χ1v) is 8.46. The second kappa shape index (κ2) is 5.07. The first-order valence-electron chi connectivity index (χ1n) is 6.16. The van der Waals surface area contributed by atoms with Crippen LogP contribution in [-0.4, -0.2) is 27.2 Å². The van der Waals surface area contributed by atoms with Gasteiger partial charge in [0, 0.05) is 22.3 Å². The van der Waals surface area contributed by atoms with Gasteiger partial charge in [-0.2, -0.15) is 0 Å². The molecule has 5 heteroatoms. The Morgan fingerprint density at radius 1 is 1.39 bits per heavy atom. The predicted octanol–water partition coefficient (Wildman–Crippen LogP) is 2.33. The highest BCUT2D eigenvalue weighted by molar-refractivity contribution is 7.85. The van der Waals surface area contributed by atoms with Crippen molar-refractivity contribution in [1.82, 2.24) is 10.3 Å². The molecule has 18 heavy (non-hydrogen) atoms. The highest BCUT2D eigenvalue weighted by Gasteiger charge is 2.23. The third-order valence-corrected chi connectivity index (χ3v) is 5.94. The van der Waals surface area contributed by atoms with Crippen molar-refractivity contribution in [3.63, 3.8) is 0 Å². The molecule has 0 bridgehead atoms. The van der Waals surface area contributed by atoms with Gasteiger partial charge in [0.15, 0.2) is 0 Å². The first kappa shape index (κ1) is 12.3. The van der Waals surface area contributed by atoms with Gasteiger partial charge < -0.3 is 5.32 Å². The van der Waals surface area contributed by atoms with E-state index in [-0.39, 0.29) is 6.04 Å². The SMILES string of the molecule is CC1CNC(c2nc3ccccc3s2)CS(=O)C1. The van der Waals surface area contributed by atoms with E-state index in [9.17, 15) is 4.21 Å². The maximum absolute atomic E-state index is 11.9. The smallest absolute Gasteiger partial charge is 0.112 e.